The standard InChI is InChI=1S/C27H19ClF2N4O5/c1-2-33(18-5-6-20-22(10-18)39-27(29,30)38-20)23(35)13-34-26(36)19-11-21(15-3-4-15)37-25(19)24(32-34)16-7-14(12-31)8-17(28)9-16/h5-11,15H,2-4,13H2,1H3. The number of rotatable bonds is 6. The predicted molar refractivity (Wildman–Crippen MR) is 136 cm³/mol. The van der Waals surface area contributed by atoms with Crippen molar-refractivity contribution in [3.05, 3.63) is 69.2 Å². The van der Waals surface area contributed by atoms with Crippen LogP contribution in [0.25, 0.3) is 22.2 Å². The minimum absolute atomic E-state index is 0.148. The molecule has 2 aromatic heterocycles. The molecule has 2 aromatic carbocycles. The number of ether oxygens (including phenoxy) is 2. The molecule has 0 unspecified atom stereocenters. The first-order chi connectivity index (χ1) is 18.7. The number of likely N-dealkylation sites (N-methyl/N-ethyl adjacent to an activating group) is 1. The van der Waals surface area contributed by atoms with Crippen LogP contribution in [0.5, 0.6) is 11.5 Å². The van der Waals surface area contributed by atoms with Crippen LogP contribution in [0, 0.1) is 11.3 Å². The molecule has 1 fully saturated rings. The predicted octanol–water partition coefficient (Wildman–Crippen LogP) is 5.43. The molecule has 198 valence electrons. The molecule has 6 rings (SSSR count). The number of carbonyl (C=O) groups is 1. The molecule has 0 atom stereocenters. The molecule has 1 amide bonds. The van der Waals surface area contributed by atoms with Gasteiger partial charge in [0.25, 0.3) is 5.56 Å². The largest absolute Gasteiger partial charge is 0.586 e. The summed E-state index contributed by atoms with van der Waals surface area (Å²) in [5.41, 5.74) is 1.01. The van der Waals surface area contributed by atoms with E-state index in [4.69, 9.17) is 16.0 Å². The molecule has 3 heterocycles. The number of amides is 1. The Kier molecular flexibility index (Phi) is 5.80. The number of aromatic nitrogens is 2. The van der Waals surface area contributed by atoms with E-state index in [-0.39, 0.29) is 46.3 Å². The van der Waals surface area contributed by atoms with Crippen LogP contribution in [-0.4, -0.2) is 28.5 Å². The Balaban J connectivity index is 1.40. The van der Waals surface area contributed by atoms with Crippen molar-refractivity contribution in [1.29, 1.82) is 5.26 Å². The number of nitrogens with zero attached hydrogens (tertiary/aromatic N) is 4. The van der Waals surface area contributed by atoms with E-state index in [2.05, 4.69) is 14.6 Å². The average Bonchev–Trinajstić information content (AvgIpc) is 3.56. The second kappa shape index (κ2) is 9.10. The van der Waals surface area contributed by atoms with Crippen molar-refractivity contribution in [1.82, 2.24) is 9.78 Å². The molecule has 0 spiro atoms. The third-order valence-corrected chi connectivity index (χ3v) is 6.75. The number of furan rings is 1. The van der Waals surface area contributed by atoms with Gasteiger partial charge in [0, 0.05) is 34.8 Å². The van der Waals surface area contributed by atoms with E-state index >= 15 is 0 Å². The van der Waals surface area contributed by atoms with Crippen LogP contribution in [0.2, 0.25) is 5.02 Å². The van der Waals surface area contributed by atoms with Crippen LogP contribution >= 0.6 is 11.6 Å². The molecule has 0 N–H and O–H groups in total. The van der Waals surface area contributed by atoms with Crippen molar-refractivity contribution in [3.8, 4) is 28.8 Å². The lowest BCUT2D eigenvalue weighted by Gasteiger charge is -2.21. The monoisotopic (exact) mass is 552 g/mol. The van der Waals surface area contributed by atoms with E-state index in [0.717, 1.165) is 17.5 Å². The summed E-state index contributed by atoms with van der Waals surface area (Å²) in [4.78, 5) is 28.2. The number of hydrogen-bond acceptors (Lipinski definition) is 7. The summed E-state index contributed by atoms with van der Waals surface area (Å²) < 4.78 is 43.0. The van der Waals surface area contributed by atoms with Crippen LogP contribution in [0.1, 0.15) is 37.0 Å². The van der Waals surface area contributed by atoms with Crippen molar-refractivity contribution in [3.63, 3.8) is 0 Å². The van der Waals surface area contributed by atoms with Crippen molar-refractivity contribution in [2.75, 3.05) is 11.4 Å². The van der Waals surface area contributed by atoms with Gasteiger partial charge in [-0.25, -0.2) is 4.68 Å². The third-order valence-electron chi connectivity index (χ3n) is 6.53. The fourth-order valence-electron chi connectivity index (χ4n) is 4.57. The summed E-state index contributed by atoms with van der Waals surface area (Å²) in [5.74, 6) is -0.00231. The molecule has 4 aromatic rings. The lowest BCUT2D eigenvalue weighted by atomic mass is 10.1. The smallest absolute Gasteiger partial charge is 0.458 e. The topological polar surface area (TPSA) is 111 Å². The number of anilines is 1. The van der Waals surface area contributed by atoms with Crippen molar-refractivity contribution >= 4 is 34.2 Å². The maximum atomic E-state index is 13.5. The molecular weight excluding hydrogens is 534 g/mol. The first-order valence-corrected chi connectivity index (χ1v) is 12.5. The number of benzene rings is 2. The summed E-state index contributed by atoms with van der Waals surface area (Å²) in [6.45, 7) is 1.43. The van der Waals surface area contributed by atoms with Crippen LogP contribution in [0.3, 0.4) is 0 Å². The highest BCUT2D eigenvalue weighted by Crippen LogP contribution is 2.44. The molecule has 0 saturated heterocycles. The fourth-order valence-corrected chi connectivity index (χ4v) is 4.81. The molecular formula is C27H19ClF2N4O5. The highest BCUT2D eigenvalue weighted by atomic mass is 35.5. The zero-order valence-electron chi connectivity index (χ0n) is 20.4. The van der Waals surface area contributed by atoms with Crippen LogP contribution in [-0.2, 0) is 11.3 Å². The maximum absolute atomic E-state index is 13.5. The second-order valence-electron chi connectivity index (χ2n) is 9.25. The molecule has 0 radical (unpaired) electrons. The number of alkyl halides is 2. The van der Waals surface area contributed by atoms with Crippen LogP contribution in [0.4, 0.5) is 14.5 Å². The molecule has 0 bridgehead atoms. The quantitative estimate of drug-likeness (QED) is 0.313. The Morgan fingerprint density at radius 1 is 1.21 bits per heavy atom. The Bertz CT molecular complexity index is 1760. The van der Waals surface area contributed by atoms with Gasteiger partial charge in [0.05, 0.1) is 17.0 Å². The first-order valence-electron chi connectivity index (χ1n) is 12.1. The van der Waals surface area contributed by atoms with Gasteiger partial charge in [0.15, 0.2) is 17.1 Å². The van der Waals surface area contributed by atoms with Gasteiger partial charge in [-0.05, 0) is 56.2 Å². The summed E-state index contributed by atoms with van der Waals surface area (Å²) >= 11 is 6.23. The van der Waals surface area contributed by atoms with E-state index in [0.29, 0.717) is 21.9 Å². The SMILES string of the molecule is CCN(C(=O)Cn1nc(-c2cc(Cl)cc(C#N)c2)c2oc(C3CC3)cc2c1=O)c1ccc2c(c1)OC(F)(F)O2. The van der Waals surface area contributed by atoms with Crippen LogP contribution < -0.4 is 19.9 Å². The molecule has 1 aliphatic carbocycles. The van der Waals surface area contributed by atoms with Gasteiger partial charge in [0.1, 0.15) is 18.0 Å². The average molecular weight is 553 g/mol. The zero-order valence-corrected chi connectivity index (χ0v) is 21.2. The van der Waals surface area contributed by atoms with Gasteiger partial charge >= 0.3 is 6.29 Å². The van der Waals surface area contributed by atoms with Crippen molar-refractivity contribution < 1.29 is 27.5 Å². The summed E-state index contributed by atoms with van der Waals surface area (Å²) in [6, 6.07) is 12.4. The molecule has 39 heavy (non-hydrogen) atoms. The van der Waals surface area contributed by atoms with Gasteiger partial charge in [-0.15, -0.1) is 8.78 Å². The van der Waals surface area contributed by atoms with E-state index in [1.807, 2.05) is 6.07 Å². The van der Waals surface area contributed by atoms with E-state index < -0.39 is 24.3 Å². The Hall–Kier alpha value is -4.43. The van der Waals surface area contributed by atoms with Gasteiger partial charge in [0.2, 0.25) is 5.91 Å². The van der Waals surface area contributed by atoms with E-state index in [9.17, 15) is 23.6 Å². The van der Waals surface area contributed by atoms with Gasteiger partial charge < -0.3 is 18.8 Å². The number of fused-ring (bicyclic) bond motifs is 2. The van der Waals surface area contributed by atoms with Crippen molar-refractivity contribution in [2.24, 2.45) is 0 Å². The molecule has 1 saturated carbocycles. The molecule has 12 heteroatoms. The van der Waals surface area contributed by atoms with E-state index in [1.165, 1.54) is 29.2 Å². The molecule has 2 aliphatic rings. The minimum Gasteiger partial charge on any atom is -0.458 e. The maximum Gasteiger partial charge on any atom is 0.586 e. The van der Waals surface area contributed by atoms with Crippen LogP contribution in [0.15, 0.2) is 51.7 Å². The summed E-state index contributed by atoms with van der Waals surface area (Å²) in [5, 5.41) is 14.4. The Labute approximate surface area is 224 Å². The summed E-state index contributed by atoms with van der Waals surface area (Å²) in [7, 11) is 0. The number of nitriles is 1. The summed E-state index contributed by atoms with van der Waals surface area (Å²) in [6.07, 6.45) is -1.91. The Morgan fingerprint density at radius 2 is 1.97 bits per heavy atom. The van der Waals surface area contributed by atoms with Crippen molar-refractivity contribution in [2.45, 2.75) is 38.5 Å². The van der Waals surface area contributed by atoms with Gasteiger partial charge in [-0.2, -0.15) is 10.4 Å². The third kappa shape index (κ3) is 4.57. The lowest BCUT2D eigenvalue weighted by Crippen LogP contribution is -2.37. The fraction of sp³-hybridized carbons (Fsp3) is 0.259. The van der Waals surface area contributed by atoms with Gasteiger partial charge in [-0.3, -0.25) is 9.59 Å². The lowest BCUT2D eigenvalue weighted by molar-refractivity contribution is -0.286. The highest BCUT2D eigenvalue weighted by molar-refractivity contribution is 6.31. The molecule has 1 aliphatic heterocycles. The van der Waals surface area contributed by atoms with Gasteiger partial charge in [-0.1, -0.05) is 11.6 Å². The second-order valence-corrected chi connectivity index (χ2v) is 9.69. The number of carbonyl (C=O) groups excluding carboxylic acids is 1. The minimum atomic E-state index is -3.79. The zero-order chi connectivity index (χ0) is 27.5. The molecule has 9 nitrogen and oxygen atoms in total. The number of halogens is 3. The Morgan fingerprint density at radius 3 is 2.69 bits per heavy atom. The first kappa shape index (κ1) is 24.9. The normalized spacial score (nSPS) is 15.4. The highest BCUT2D eigenvalue weighted by Gasteiger charge is 2.43. The number of hydrogen-bond donors (Lipinski definition) is 0. The van der Waals surface area contributed by atoms with E-state index in [1.54, 1.807) is 25.1 Å².